The third-order valence-electron chi connectivity index (χ3n) is 5.93. The smallest absolute Gasteiger partial charge is 0.328 e. The van der Waals surface area contributed by atoms with E-state index in [1.165, 1.54) is 25.1 Å². The number of ether oxygens (including phenoxy) is 1. The highest BCUT2D eigenvalue weighted by atomic mass is 35.5. The summed E-state index contributed by atoms with van der Waals surface area (Å²) in [5, 5.41) is 24.5. The van der Waals surface area contributed by atoms with Gasteiger partial charge in [0.25, 0.3) is 5.91 Å². The van der Waals surface area contributed by atoms with Gasteiger partial charge in [-0.2, -0.15) is 0 Å². The first kappa shape index (κ1) is 29.6. The average molecular weight is 554 g/mol. The number of carboxylic acid groups (broad SMARTS) is 1. The fraction of sp³-hybridized carbons (Fsp3) is 0.276. The highest BCUT2D eigenvalue weighted by Crippen LogP contribution is 2.24. The lowest BCUT2D eigenvalue weighted by molar-refractivity contribution is -0.145. The molecule has 39 heavy (non-hydrogen) atoms. The molecule has 0 radical (unpaired) electrons. The van der Waals surface area contributed by atoms with Crippen LogP contribution >= 0.6 is 11.6 Å². The van der Waals surface area contributed by atoms with Crippen LogP contribution in [0.1, 0.15) is 28.4 Å². The largest absolute Gasteiger partial charge is 0.491 e. The number of rotatable bonds is 13. The number of carbonyl (C=O) groups excluding carboxylic acids is 2. The predicted molar refractivity (Wildman–Crippen MR) is 148 cm³/mol. The van der Waals surface area contributed by atoms with E-state index < -0.39 is 36.0 Å². The molecule has 0 aliphatic heterocycles. The van der Waals surface area contributed by atoms with Crippen molar-refractivity contribution in [3.63, 3.8) is 0 Å². The number of benzene rings is 3. The number of aliphatic hydroxyl groups excluding tert-OH is 1. The summed E-state index contributed by atoms with van der Waals surface area (Å²) >= 11 is 6.16. The van der Waals surface area contributed by atoms with Crippen LogP contribution in [0, 0.1) is 0 Å². The van der Waals surface area contributed by atoms with Gasteiger partial charge in [0.2, 0.25) is 5.91 Å². The summed E-state index contributed by atoms with van der Waals surface area (Å²) in [6, 6.07) is 20.1. The van der Waals surface area contributed by atoms with Crippen molar-refractivity contribution in [3.05, 3.63) is 101 Å². The lowest BCUT2D eigenvalue weighted by Gasteiger charge is -2.23. The Hall–Kier alpha value is -3.92. The normalized spacial score (nSPS) is 13.9. The zero-order valence-corrected chi connectivity index (χ0v) is 22.2. The highest BCUT2D eigenvalue weighted by Gasteiger charge is 2.30. The summed E-state index contributed by atoms with van der Waals surface area (Å²) in [5.74, 6) is -2.60. The van der Waals surface area contributed by atoms with Gasteiger partial charge in [-0.05, 0) is 42.7 Å². The zero-order valence-electron chi connectivity index (χ0n) is 21.4. The Morgan fingerprint density at radius 2 is 1.51 bits per heavy atom. The van der Waals surface area contributed by atoms with Crippen molar-refractivity contribution in [2.24, 2.45) is 5.73 Å². The van der Waals surface area contributed by atoms with Gasteiger partial charge in [-0.1, -0.05) is 72.3 Å². The van der Waals surface area contributed by atoms with Crippen LogP contribution in [0.4, 0.5) is 0 Å². The molecule has 0 unspecified atom stereocenters. The predicted octanol–water partition coefficient (Wildman–Crippen LogP) is 2.58. The van der Waals surface area contributed by atoms with Crippen LogP contribution < -0.4 is 21.1 Å². The third kappa shape index (κ3) is 9.10. The van der Waals surface area contributed by atoms with Gasteiger partial charge in [-0.3, -0.25) is 9.59 Å². The topological polar surface area (TPSA) is 151 Å². The number of carboxylic acids is 1. The summed E-state index contributed by atoms with van der Waals surface area (Å²) < 4.78 is 5.88. The number of hydrogen-bond acceptors (Lipinski definition) is 6. The van der Waals surface area contributed by atoms with Gasteiger partial charge in [0, 0.05) is 17.5 Å². The molecule has 6 N–H and O–H groups in total. The molecule has 9 nitrogen and oxygen atoms in total. The van der Waals surface area contributed by atoms with Gasteiger partial charge in [-0.25, -0.2) is 4.79 Å². The Bertz CT molecular complexity index is 1260. The van der Waals surface area contributed by atoms with Crippen molar-refractivity contribution in [3.8, 4) is 5.75 Å². The third-order valence-corrected chi connectivity index (χ3v) is 6.17. The number of aliphatic carboxylic acids is 1. The minimum absolute atomic E-state index is 0.0797. The van der Waals surface area contributed by atoms with Crippen LogP contribution in [0.15, 0.2) is 78.9 Å². The number of amides is 2. The van der Waals surface area contributed by atoms with Crippen molar-refractivity contribution in [1.82, 2.24) is 10.6 Å². The maximum atomic E-state index is 13.4. The van der Waals surface area contributed by atoms with Gasteiger partial charge < -0.3 is 31.3 Å². The summed E-state index contributed by atoms with van der Waals surface area (Å²) in [7, 11) is 0. The molecule has 0 aliphatic carbocycles. The Labute approximate surface area is 231 Å². The van der Waals surface area contributed by atoms with Gasteiger partial charge in [0.05, 0.1) is 11.7 Å². The number of aliphatic hydroxyl groups is 1. The fourth-order valence-electron chi connectivity index (χ4n) is 3.91. The molecule has 10 heteroatoms. The molecule has 0 aliphatic rings. The molecular formula is C29H32ClN3O6. The lowest BCUT2D eigenvalue weighted by atomic mass is 10.0. The quantitative estimate of drug-likeness (QED) is 0.218. The monoisotopic (exact) mass is 553 g/mol. The van der Waals surface area contributed by atoms with E-state index in [0.717, 1.165) is 11.1 Å². The molecule has 2 amide bonds. The average Bonchev–Trinajstić information content (AvgIpc) is 2.90. The standard InChI is InChI=1S/C29H32ClN3O6/c1-18(34)26(29(37)38)33-28(36)24(15-20-10-6-3-7-11-20)32-27(35)23-13-12-21(30)16-25(23)39-17-22(31)14-19-8-4-2-5-9-19/h2-13,16,18,22,24,26,34H,14-15,17,31H2,1H3,(H,32,35)(H,33,36)(H,37,38)/t18-,22+,24+,26+/m1/s1. The van der Waals surface area contributed by atoms with Gasteiger partial charge in [0.15, 0.2) is 6.04 Å². The van der Waals surface area contributed by atoms with Crippen LogP contribution in [0.5, 0.6) is 5.75 Å². The molecule has 0 heterocycles. The fourth-order valence-corrected chi connectivity index (χ4v) is 4.08. The Kier molecular flexibility index (Phi) is 10.9. The number of carbonyl (C=O) groups is 3. The first-order chi connectivity index (χ1) is 18.6. The summed E-state index contributed by atoms with van der Waals surface area (Å²) in [5.41, 5.74) is 8.15. The van der Waals surface area contributed by atoms with E-state index in [-0.39, 0.29) is 30.4 Å². The van der Waals surface area contributed by atoms with Crippen molar-refractivity contribution in [2.75, 3.05) is 6.61 Å². The summed E-state index contributed by atoms with van der Waals surface area (Å²) in [6.45, 7) is 1.36. The molecule has 3 aromatic carbocycles. The Morgan fingerprint density at radius 1 is 0.923 bits per heavy atom. The van der Waals surface area contributed by atoms with E-state index in [0.29, 0.717) is 11.4 Å². The van der Waals surface area contributed by atoms with Crippen LogP contribution in [0.3, 0.4) is 0 Å². The minimum atomic E-state index is -1.55. The molecule has 0 fully saturated rings. The molecule has 0 saturated carbocycles. The number of nitrogens with two attached hydrogens (primary N) is 1. The molecule has 3 rings (SSSR count). The van der Waals surface area contributed by atoms with E-state index >= 15 is 0 Å². The molecular weight excluding hydrogens is 522 g/mol. The summed E-state index contributed by atoms with van der Waals surface area (Å²) in [4.78, 5) is 38.0. The Balaban J connectivity index is 1.77. The second kappa shape index (κ2) is 14.3. The van der Waals surface area contributed by atoms with E-state index in [9.17, 15) is 24.6 Å². The van der Waals surface area contributed by atoms with Crippen molar-refractivity contribution < 1.29 is 29.3 Å². The second-order valence-corrected chi connectivity index (χ2v) is 9.62. The maximum absolute atomic E-state index is 13.4. The minimum Gasteiger partial charge on any atom is -0.491 e. The van der Waals surface area contributed by atoms with Gasteiger partial charge >= 0.3 is 5.97 Å². The van der Waals surface area contributed by atoms with Crippen LogP contribution in [0.2, 0.25) is 5.02 Å². The number of hydrogen-bond donors (Lipinski definition) is 5. The van der Waals surface area contributed by atoms with E-state index in [1.54, 1.807) is 24.3 Å². The maximum Gasteiger partial charge on any atom is 0.328 e. The highest BCUT2D eigenvalue weighted by molar-refractivity contribution is 6.30. The number of halogens is 1. The molecule has 4 atom stereocenters. The molecule has 0 bridgehead atoms. The van der Waals surface area contributed by atoms with Crippen LogP contribution in [-0.4, -0.2) is 58.8 Å². The van der Waals surface area contributed by atoms with E-state index in [2.05, 4.69) is 10.6 Å². The summed E-state index contributed by atoms with van der Waals surface area (Å²) in [6.07, 6.45) is -0.706. The first-order valence-corrected chi connectivity index (χ1v) is 12.8. The Morgan fingerprint density at radius 3 is 2.08 bits per heavy atom. The van der Waals surface area contributed by atoms with Crippen molar-refractivity contribution in [1.29, 1.82) is 0 Å². The van der Waals surface area contributed by atoms with Crippen LogP contribution in [-0.2, 0) is 22.4 Å². The first-order valence-electron chi connectivity index (χ1n) is 12.4. The van der Waals surface area contributed by atoms with Crippen molar-refractivity contribution >= 4 is 29.4 Å². The molecule has 3 aromatic rings. The lowest BCUT2D eigenvalue weighted by Crippen LogP contribution is -2.55. The molecule has 0 spiro atoms. The molecule has 0 aromatic heterocycles. The number of nitrogens with one attached hydrogen (secondary N) is 2. The van der Waals surface area contributed by atoms with E-state index in [1.807, 2.05) is 36.4 Å². The zero-order chi connectivity index (χ0) is 28.4. The van der Waals surface area contributed by atoms with Crippen LogP contribution in [0.25, 0.3) is 0 Å². The van der Waals surface area contributed by atoms with Gasteiger partial charge in [-0.15, -0.1) is 0 Å². The van der Waals surface area contributed by atoms with Crippen molar-refractivity contribution in [2.45, 2.75) is 44.0 Å². The molecule has 0 saturated heterocycles. The van der Waals surface area contributed by atoms with E-state index in [4.69, 9.17) is 22.1 Å². The SMILES string of the molecule is C[C@@H](O)[C@H](NC(=O)[C@H](Cc1ccccc1)NC(=O)c1ccc(Cl)cc1OC[C@@H](N)Cc1ccccc1)C(=O)O. The van der Waals surface area contributed by atoms with Gasteiger partial charge in [0.1, 0.15) is 18.4 Å². The molecule has 206 valence electrons. The second-order valence-electron chi connectivity index (χ2n) is 9.18.